The van der Waals surface area contributed by atoms with Gasteiger partial charge in [0.1, 0.15) is 11.2 Å². The lowest BCUT2D eigenvalue weighted by Crippen LogP contribution is -2.54. The Hall–Kier alpha value is -0.460. The first-order valence-electron chi connectivity index (χ1n) is 3.78. The molecule has 13 heavy (non-hydrogen) atoms. The molecule has 3 heterocycles. The second-order valence-electron chi connectivity index (χ2n) is 3.17. The molecule has 0 unspecified atom stereocenters. The van der Waals surface area contributed by atoms with Gasteiger partial charge in [-0.05, 0) is 15.9 Å². The number of nitrogens with zero attached hydrogens (tertiary/aromatic N) is 1. The number of amides is 1. The maximum absolute atomic E-state index is 11.4. The van der Waals surface area contributed by atoms with Crippen molar-refractivity contribution in [2.45, 2.75) is 5.54 Å². The fourth-order valence-electron chi connectivity index (χ4n) is 1.62. The molecule has 2 aliphatic rings. The van der Waals surface area contributed by atoms with Gasteiger partial charge in [0.15, 0.2) is 3.92 Å². The van der Waals surface area contributed by atoms with Crippen LogP contribution in [0.4, 0.5) is 0 Å². The number of ether oxygens (including phenoxy) is 1. The minimum Gasteiger partial charge on any atom is -0.376 e. The smallest absolute Gasteiger partial charge is 0.272 e. The van der Waals surface area contributed by atoms with Crippen molar-refractivity contribution in [3.8, 4) is 0 Å². The Kier molecular flexibility index (Phi) is 1.41. The molecule has 2 aliphatic heterocycles. The van der Waals surface area contributed by atoms with Gasteiger partial charge in [0, 0.05) is 0 Å². The number of nitrogens with one attached hydrogen (secondary N) is 1. The van der Waals surface area contributed by atoms with Crippen LogP contribution in [0.25, 0.3) is 0 Å². The van der Waals surface area contributed by atoms with Crippen LogP contribution in [0.2, 0.25) is 0 Å². The Bertz CT molecular complexity index is 399. The van der Waals surface area contributed by atoms with Gasteiger partial charge in [-0.15, -0.1) is 11.3 Å². The molecule has 68 valence electrons. The molecule has 1 fully saturated rings. The standard InChI is InChI=1S/C7H5BrN2O2S/c8-6-9-3-4(13-6)7(1-12-2-7)10-5(3)11/h1-2H2,(H,10,11). The molecule has 3 rings (SSSR count). The average Bonchev–Trinajstić information content (AvgIpc) is 2.48. The summed E-state index contributed by atoms with van der Waals surface area (Å²) in [5.41, 5.74) is 0.302. The molecule has 0 aliphatic carbocycles. The summed E-state index contributed by atoms with van der Waals surface area (Å²) >= 11 is 4.78. The lowest BCUT2D eigenvalue weighted by molar-refractivity contribution is -0.0673. The zero-order valence-corrected chi connectivity index (χ0v) is 8.87. The Labute approximate surface area is 86.4 Å². The van der Waals surface area contributed by atoms with Crippen molar-refractivity contribution in [1.82, 2.24) is 10.3 Å². The first-order valence-corrected chi connectivity index (χ1v) is 5.39. The quantitative estimate of drug-likeness (QED) is 0.754. The van der Waals surface area contributed by atoms with Gasteiger partial charge in [0.2, 0.25) is 0 Å². The third-order valence-corrected chi connectivity index (χ3v) is 4.01. The van der Waals surface area contributed by atoms with Crippen LogP contribution >= 0.6 is 27.3 Å². The minimum absolute atomic E-state index is 0.0831. The third kappa shape index (κ3) is 0.880. The molecule has 0 atom stereocenters. The number of aromatic nitrogens is 1. The van der Waals surface area contributed by atoms with E-state index in [1.54, 1.807) is 0 Å². The number of rotatable bonds is 0. The number of thiazole rings is 1. The molecule has 1 amide bonds. The van der Waals surface area contributed by atoms with Crippen LogP contribution < -0.4 is 5.32 Å². The predicted octanol–water partition coefficient (Wildman–Crippen LogP) is 0.874. The highest BCUT2D eigenvalue weighted by molar-refractivity contribution is 9.11. The van der Waals surface area contributed by atoms with Gasteiger partial charge in [0.25, 0.3) is 5.91 Å². The number of hydrogen-bond acceptors (Lipinski definition) is 4. The second-order valence-corrected chi connectivity index (χ2v) is 5.45. The van der Waals surface area contributed by atoms with Crippen LogP contribution in [0.15, 0.2) is 3.92 Å². The summed E-state index contributed by atoms with van der Waals surface area (Å²) in [6.07, 6.45) is 0. The maximum atomic E-state index is 11.4. The van der Waals surface area contributed by atoms with E-state index in [2.05, 4.69) is 26.2 Å². The van der Waals surface area contributed by atoms with E-state index >= 15 is 0 Å². The summed E-state index contributed by atoms with van der Waals surface area (Å²) < 4.78 is 5.89. The number of halogens is 1. The average molecular weight is 261 g/mol. The van der Waals surface area contributed by atoms with Crippen LogP contribution in [0.3, 0.4) is 0 Å². The highest BCUT2D eigenvalue weighted by Gasteiger charge is 2.51. The fourth-order valence-corrected chi connectivity index (χ4v) is 3.18. The van der Waals surface area contributed by atoms with Crippen molar-refractivity contribution in [3.63, 3.8) is 0 Å². The van der Waals surface area contributed by atoms with Gasteiger partial charge in [0.05, 0.1) is 18.1 Å². The molecule has 1 N–H and O–H groups in total. The maximum Gasteiger partial charge on any atom is 0.272 e. The molecule has 4 nitrogen and oxygen atoms in total. The van der Waals surface area contributed by atoms with Gasteiger partial charge < -0.3 is 10.1 Å². The van der Waals surface area contributed by atoms with Crippen LogP contribution in [0.1, 0.15) is 15.4 Å². The van der Waals surface area contributed by atoms with Gasteiger partial charge in [-0.1, -0.05) is 0 Å². The van der Waals surface area contributed by atoms with Gasteiger partial charge in [-0.2, -0.15) is 0 Å². The summed E-state index contributed by atoms with van der Waals surface area (Å²) in [5, 5.41) is 2.90. The minimum atomic E-state index is -0.254. The highest BCUT2D eigenvalue weighted by Crippen LogP contribution is 2.41. The predicted molar refractivity (Wildman–Crippen MR) is 49.8 cm³/mol. The third-order valence-electron chi connectivity index (χ3n) is 2.30. The first kappa shape index (κ1) is 7.90. The van der Waals surface area contributed by atoms with Gasteiger partial charge in [-0.3, -0.25) is 4.79 Å². The van der Waals surface area contributed by atoms with E-state index in [4.69, 9.17) is 4.74 Å². The lowest BCUT2D eigenvalue weighted by atomic mass is 9.98. The number of carbonyl (C=O) groups is 1. The van der Waals surface area contributed by atoms with E-state index in [0.717, 1.165) is 8.79 Å². The van der Waals surface area contributed by atoms with Gasteiger partial charge >= 0.3 is 0 Å². The molecule has 1 spiro atoms. The molecular weight excluding hydrogens is 256 g/mol. The lowest BCUT2D eigenvalue weighted by Gasteiger charge is -2.37. The molecule has 0 bridgehead atoms. The molecule has 6 heteroatoms. The van der Waals surface area contributed by atoms with E-state index in [-0.39, 0.29) is 11.4 Å². The Balaban J connectivity index is 2.18. The Morgan fingerprint density at radius 1 is 1.62 bits per heavy atom. The molecule has 1 aromatic heterocycles. The summed E-state index contributed by atoms with van der Waals surface area (Å²) in [6, 6.07) is 0. The zero-order chi connectivity index (χ0) is 9.05. The zero-order valence-electron chi connectivity index (χ0n) is 6.46. The van der Waals surface area contributed by atoms with E-state index < -0.39 is 0 Å². The van der Waals surface area contributed by atoms with E-state index in [1.807, 2.05) is 0 Å². The summed E-state index contributed by atoms with van der Waals surface area (Å²) in [5.74, 6) is -0.0831. The number of fused-ring (bicyclic) bond motifs is 2. The van der Waals surface area contributed by atoms with Crippen LogP contribution in [-0.2, 0) is 10.3 Å². The largest absolute Gasteiger partial charge is 0.376 e. The number of carbonyl (C=O) groups excluding carboxylic acids is 1. The molecule has 1 aromatic rings. The van der Waals surface area contributed by atoms with Crippen molar-refractivity contribution >= 4 is 33.2 Å². The molecule has 0 aromatic carbocycles. The van der Waals surface area contributed by atoms with Crippen molar-refractivity contribution in [2.75, 3.05) is 13.2 Å². The molecule has 1 saturated heterocycles. The normalized spacial score (nSPS) is 22.7. The molecule has 0 saturated carbocycles. The Morgan fingerprint density at radius 3 is 3.00 bits per heavy atom. The highest BCUT2D eigenvalue weighted by atomic mass is 79.9. The molecule has 0 radical (unpaired) electrons. The first-order chi connectivity index (χ1) is 6.21. The van der Waals surface area contributed by atoms with Crippen LogP contribution in [0, 0.1) is 0 Å². The Morgan fingerprint density at radius 2 is 2.38 bits per heavy atom. The number of hydrogen-bond donors (Lipinski definition) is 1. The second kappa shape index (κ2) is 2.31. The monoisotopic (exact) mass is 260 g/mol. The van der Waals surface area contributed by atoms with Crippen LogP contribution in [0.5, 0.6) is 0 Å². The summed E-state index contributed by atoms with van der Waals surface area (Å²) in [7, 11) is 0. The van der Waals surface area contributed by atoms with E-state index in [9.17, 15) is 4.79 Å². The van der Waals surface area contributed by atoms with Crippen molar-refractivity contribution in [1.29, 1.82) is 0 Å². The fraction of sp³-hybridized carbons (Fsp3) is 0.429. The topological polar surface area (TPSA) is 51.2 Å². The van der Waals surface area contributed by atoms with Gasteiger partial charge in [-0.25, -0.2) is 4.98 Å². The summed E-state index contributed by atoms with van der Waals surface area (Å²) in [4.78, 5) is 16.6. The SMILES string of the molecule is O=C1NC2(COC2)c2sc(Br)nc21. The van der Waals surface area contributed by atoms with Crippen LogP contribution in [-0.4, -0.2) is 24.1 Å². The van der Waals surface area contributed by atoms with Crippen molar-refractivity contribution in [3.05, 3.63) is 14.5 Å². The van der Waals surface area contributed by atoms with Crippen molar-refractivity contribution in [2.24, 2.45) is 0 Å². The summed E-state index contributed by atoms with van der Waals surface area (Å²) in [6.45, 7) is 1.14. The van der Waals surface area contributed by atoms with E-state index in [0.29, 0.717) is 18.9 Å². The molecular formula is C7H5BrN2O2S. The van der Waals surface area contributed by atoms with E-state index in [1.165, 1.54) is 11.3 Å². The van der Waals surface area contributed by atoms with Crippen molar-refractivity contribution < 1.29 is 9.53 Å².